The zero-order chi connectivity index (χ0) is 14.8. The van der Waals surface area contributed by atoms with Gasteiger partial charge >= 0.3 is 0 Å². The van der Waals surface area contributed by atoms with Gasteiger partial charge in [0, 0.05) is 29.2 Å². The van der Waals surface area contributed by atoms with Crippen LogP contribution >= 0.6 is 15.9 Å². The lowest BCUT2D eigenvalue weighted by molar-refractivity contribution is 0.270. The second-order valence-corrected chi connectivity index (χ2v) is 6.62. The van der Waals surface area contributed by atoms with Crippen molar-refractivity contribution in [3.8, 4) is 11.5 Å². The van der Waals surface area contributed by atoms with Crippen molar-refractivity contribution in [1.82, 2.24) is 4.90 Å². The first-order valence-corrected chi connectivity index (χ1v) is 7.63. The fourth-order valence-corrected chi connectivity index (χ4v) is 3.24. The molecule has 1 aliphatic rings. The third-order valence-electron chi connectivity index (χ3n) is 4.10. The molecule has 1 fully saturated rings. The van der Waals surface area contributed by atoms with Gasteiger partial charge in [-0.2, -0.15) is 0 Å². The second kappa shape index (κ2) is 6.33. The highest BCUT2D eigenvalue weighted by Crippen LogP contribution is 2.36. The predicted octanol–water partition coefficient (Wildman–Crippen LogP) is 2.64. The molecule has 2 N–H and O–H groups in total. The summed E-state index contributed by atoms with van der Waals surface area (Å²) in [7, 11) is 3.35. The highest BCUT2D eigenvalue weighted by molar-refractivity contribution is 9.10. The van der Waals surface area contributed by atoms with E-state index in [9.17, 15) is 0 Å². The Balaban J connectivity index is 2.17. The van der Waals surface area contributed by atoms with E-state index in [1.807, 2.05) is 12.1 Å². The number of methoxy groups -OCH3 is 2. The van der Waals surface area contributed by atoms with Gasteiger partial charge in [-0.1, -0.05) is 22.9 Å². The minimum absolute atomic E-state index is 0.242. The van der Waals surface area contributed by atoms with E-state index in [4.69, 9.17) is 15.2 Å². The molecular formula is C15H23BrN2O2. The largest absolute Gasteiger partial charge is 0.497 e. The number of nitrogens with zero attached hydrogens (tertiary/aromatic N) is 1. The van der Waals surface area contributed by atoms with Gasteiger partial charge < -0.3 is 15.2 Å². The second-order valence-electron chi connectivity index (χ2n) is 5.77. The summed E-state index contributed by atoms with van der Waals surface area (Å²) in [6, 6.07) is 3.91. The van der Waals surface area contributed by atoms with Gasteiger partial charge in [-0.05, 0) is 31.0 Å². The van der Waals surface area contributed by atoms with Gasteiger partial charge in [-0.15, -0.1) is 0 Å². The van der Waals surface area contributed by atoms with Crippen molar-refractivity contribution in [2.24, 2.45) is 11.1 Å². The standard InChI is InChI=1S/C15H23BrN2O2/c1-15(9-17)4-5-18(10-15)8-12-13(16)6-11(19-2)7-14(12)20-3/h6-7H,4-5,8-10,17H2,1-3H3. The zero-order valence-electron chi connectivity index (χ0n) is 12.4. The molecule has 4 nitrogen and oxygen atoms in total. The third-order valence-corrected chi connectivity index (χ3v) is 4.80. The molecule has 0 aromatic heterocycles. The minimum atomic E-state index is 0.242. The van der Waals surface area contributed by atoms with E-state index in [0.717, 1.165) is 54.1 Å². The lowest BCUT2D eigenvalue weighted by atomic mass is 9.90. The molecule has 2 rings (SSSR count). The van der Waals surface area contributed by atoms with E-state index >= 15 is 0 Å². The Morgan fingerprint density at radius 3 is 2.65 bits per heavy atom. The molecule has 0 bridgehead atoms. The van der Waals surface area contributed by atoms with Crippen molar-refractivity contribution < 1.29 is 9.47 Å². The Bertz CT molecular complexity index is 481. The van der Waals surface area contributed by atoms with E-state index in [1.54, 1.807) is 14.2 Å². The molecule has 0 spiro atoms. The summed E-state index contributed by atoms with van der Waals surface area (Å²) in [6.45, 7) is 5.97. The van der Waals surface area contributed by atoms with Gasteiger partial charge in [-0.3, -0.25) is 4.90 Å². The average molecular weight is 343 g/mol. The monoisotopic (exact) mass is 342 g/mol. The zero-order valence-corrected chi connectivity index (χ0v) is 14.0. The lowest BCUT2D eigenvalue weighted by Crippen LogP contribution is -2.31. The molecule has 20 heavy (non-hydrogen) atoms. The van der Waals surface area contributed by atoms with Gasteiger partial charge in [-0.25, -0.2) is 0 Å². The smallest absolute Gasteiger partial charge is 0.128 e. The number of hydrogen-bond donors (Lipinski definition) is 1. The Morgan fingerprint density at radius 2 is 2.10 bits per heavy atom. The Kier molecular flexibility index (Phi) is 4.94. The summed E-state index contributed by atoms with van der Waals surface area (Å²) in [6.07, 6.45) is 1.15. The van der Waals surface area contributed by atoms with Gasteiger partial charge in [0.25, 0.3) is 0 Å². The van der Waals surface area contributed by atoms with Crippen molar-refractivity contribution in [3.05, 3.63) is 22.2 Å². The molecule has 1 aromatic carbocycles. The van der Waals surface area contributed by atoms with Crippen molar-refractivity contribution in [3.63, 3.8) is 0 Å². The summed E-state index contributed by atoms with van der Waals surface area (Å²) in [5.74, 6) is 1.66. The normalized spacial score (nSPS) is 23.1. The Hall–Kier alpha value is -0.780. The molecule has 0 amide bonds. The molecular weight excluding hydrogens is 320 g/mol. The van der Waals surface area contributed by atoms with Crippen molar-refractivity contribution in [2.45, 2.75) is 19.9 Å². The Labute approximate surface area is 129 Å². The average Bonchev–Trinajstić information content (AvgIpc) is 2.83. The molecule has 1 saturated heterocycles. The molecule has 0 radical (unpaired) electrons. The molecule has 112 valence electrons. The van der Waals surface area contributed by atoms with Gasteiger partial charge in [0.1, 0.15) is 11.5 Å². The van der Waals surface area contributed by atoms with E-state index < -0.39 is 0 Å². The summed E-state index contributed by atoms with van der Waals surface area (Å²) in [5, 5.41) is 0. The maximum absolute atomic E-state index is 5.87. The van der Waals surface area contributed by atoms with Gasteiger partial charge in [0.2, 0.25) is 0 Å². The van der Waals surface area contributed by atoms with Gasteiger partial charge in [0.05, 0.1) is 14.2 Å². The van der Waals surface area contributed by atoms with Crippen LogP contribution in [0.15, 0.2) is 16.6 Å². The van der Waals surface area contributed by atoms with Crippen molar-refractivity contribution in [1.29, 1.82) is 0 Å². The summed E-state index contributed by atoms with van der Waals surface area (Å²) < 4.78 is 11.8. The molecule has 0 saturated carbocycles. The molecule has 1 heterocycles. The number of likely N-dealkylation sites (tertiary alicyclic amines) is 1. The quantitative estimate of drug-likeness (QED) is 0.893. The molecule has 0 aliphatic carbocycles. The van der Waals surface area contributed by atoms with Crippen LogP contribution in [0, 0.1) is 5.41 Å². The molecule has 5 heteroatoms. The van der Waals surface area contributed by atoms with Crippen LogP contribution in [0.2, 0.25) is 0 Å². The van der Waals surface area contributed by atoms with Crippen LogP contribution in [0.25, 0.3) is 0 Å². The topological polar surface area (TPSA) is 47.7 Å². The number of halogens is 1. The van der Waals surface area contributed by atoms with Crippen LogP contribution in [-0.4, -0.2) is 38.8 Å². The summed E-state index contributed by atoms with van der Waals surface area (Å²) >= 11 is 3.62. The van der Waals surface area contributed by atoms with Crippen LogP contribution < -0.4 is 15.2 Å². The number of benzene rings is 1. The summed E-state index contributed by atoms with van der Waals surface area (Å²) in [5.41, 5.74) is 7.27. The maximum atomic E-state index is 5.87. The molecule has 1 aromatic rings. The lowest BCUT2D eigenvalue weighted by Gasteiger charge is -2.23. The fraction of sp³-hybridized carbons (Fsp3) is 0.600. The maximum Gasteiger partial charge on any atom is 0.128 e. The molecule has 1 aliphatic heterocycles. The number of ether oxygens (including phenoxy) is 2. The number of rotatable bonds is 5. The van der Waals surface area contributed by atoms with Crippen LogP contribution in [0.4, 0.5) is 0 Å². The molecule has 1 unspecified atom stereocenters. The van der Waals surface area contributed by atoms with Gasteiger partial charge in [0.15, 0.2) is 0 Å². The van der Waals surface area contributed by atoms with Crippen LogP contribution in [0.5, 0.6) is 11.5 Å². The number of hydrogen-bond acceptors (Lipinski definition) is 4. The number of nitrogens with two attached hydrogens (primary N) is 1. The first-order valence-electron chi connectivity index (χ1n) is 6.84. The Morgan fingerprint density at radius 1 is 1.35 bits per heavy atom. The SMILES string of the molecule is COc1cc(Br)c(CN2CCC(C)(CN)C2)c(OC)c1. The van der Waals surface area contributed by atoms with E-state index in [-0.39, 0.29) is 5.41 Å². The van der Waals surface area contributed by atoms with Crippen LogP contribution in [-0.2, 0) is 6.54 Å². The van der Waals surface area contributed by atoms with E-state index in [0.29, 0.717) is 0 Å². The highest BCUT2D eigenvalue weighted by atomic mass is 79.9. The highest BCUT2D eigenvalue weighted by Gasteiger charge is 2.32. The van der Waals surface area contributed by atoms with E-state index in [1.165, 1.54) is 0 Å². The van der Waals surface area contributed by atoms with Crippen molar-refractivity contribution in [2.75, 3.05) is 33.9 Å². The predicted molar refractivity (Wildman–Crippen MR) is 84.3 cm³/mol. The first-order chi connectivity index (χ1) is 9.51. The van der Waals surface area contributed by atoms with Crippen molar-refractivity contribution >= 4 is 15.9 Å². The third kappa shape index (κ3) is 3.27. The van der Waals surface area contributed by atoms with Crippen LogP contribution in [0.1, 0.15) is 18.9 Å². The minimum Gasteiger partial charge on any atom is -0.497 e. The summed E-state index contributed by atoms with van der Waals surface area (Å²) in [4.78, 5) is 2.43. The van der Waals surface area contributed by atoms with Crippen LogP contribution in [0.3, 0.4) is 0 Å². The molecule has 1 atom stereocenters. The first kappa shape index (κ1) is 15.6. The van der Waals surface area contributed by atoms with E-state index in [2.05, 4.69) is 27.8 Å². The fourth-order valence-electron chi connectivity index (χ4n) is 2.69.